The first kappa shape index (κ1) is 24.5. The number of rotatable bonds is 6. The minimum absolute atomic E-state index is 0.0177. The standard InChI is InChI=1S/C30H43N3O2Si/c1-7-8-17-32-23-12-10-9-11-22(23)29-15-18-33-24(34)13-14-27(16-19-36(5,6)26(2,3)4)20-28(21-31,25(29)32)35-30(27,29)33/h9-12,25H,7-8,13-20H2,1-6H3/t25-,27+,28?,29-,30+/m1/s1. The van der Waals surface area contributed by atoms with Gasteiger partial charge in [-0.25, -0.2) is 0 Å². The molecule has 1 unspecified atom stereocenters. The third-order valence-electron chi connectivity index (χ3n) is 11.6. The minimum Gasteiger partial charge on any atom is -0.363 e. The van der Waals surface area contributed by atoms with Crippen molar-refractivity contribution < 1.29 is 9.53 Å². The molecule has 5 aliphatic rings. The Kier molecular flexibility index (Phi) is 5.02. The van der Waals surface area contributed by atoms with Crippen LogP contribution in [-0.4, -0.2) is 49.3 Å². The Morgan fingerprint density at radius 3 is 2.67 bits per heavy atom. The lowest BCUT2D eigenvalue weighted by molar-refractivity contribution is -0.204. The second-order valence-electron chi connectivity index (χ2n) is 14.1. The van der Waals surface area contributed by atoms with E-state index in [9.17, 15) is 10.1 Å². The van der Waals surface area contributed by atoms with Crippen LogP contribution in [0.15, 0.2) is 24.3 Å². The number of anilines is 1. The van der Waals surface area contributed by atoms with Gasteiger partial charge in [0.15, 0.2) is 11.3 Å². The van der Waals surface area contributed by atoms with Crippen LogP contribution >= 0.6 is 0 Å². The van der Waals surface area contributed by atoms with Gasteiger partial charge >= 0.3 is 0 Å². The maximum atomic E-state index is 13.6. The number of ether oxygens (including phenoxy) is 1. The van der Waals surface area contributed by atoms with E-state index >= 15 is 0 Å². The van der Waals surface area contributed by atoms with Crippen LogP contribution in [0.5, 0.6) is 0 Å². The summed E-state index contributed by atoms with van der Waals surface area (Å²) < 4.78 is 7.25. The average molecular weight is 506 g/mol. The molecule has 4 saturated heterocycles. The number of hydrogen-bond donors (Lipinski definition) is 0. The molecule has 5 nitrogen and oxygen atoms in total. The maximum Gasteiger partial charge on any atom is 0.224 e. The number of fused-ring (bicyclic) bond motifs is 3. The Hall–Kier alpha value is -1.84. The normalized spacial score (nSPS) is 38.2. The molecule has 0 aromatic heterocycles. The quantitative estimate of drug-likeness (QED) is 0.431. The highest BCUT2D eigenvalue weighted by molar-refractivity contribution is 6.80. The Bertz CT molecular complexity index is 1150. The lowest BCUT2D eigenvalue weighted by Crippen LogP contribution is -2.71. The van der Waals surface area contributed by atoms with Crippen LogP contribution in [0.3, 0.4) is 0 Å². The number of nitrogens with zero attached hydrogens (tertiary/aromatic N) is 3. The minimum atomic E-state index is -1.55. The molecule has 1 aromatic rings. The summed E-state index contributed by atoms with van der Waals surface area (Å²) in [6.07, 6.45) is 6.37. The largest absolute Gasteiger partial charge is 0.363 e. The molecule has 0 radical (unpaired) electrons. The molecule has 1 amide bonds. The van der Waals surface area contributed by atoms with Crippen LogP contribution in [0, 0.1) is 16.7 Å². The predicted molar refractivity (Wildman–Crippen MR) is 146 cm³/mol. The Morgan fingerprint density at radius 2 is 1.97 bits per heavy atom. The molecule has 36 heavy (non-hydrogen) atoms. The molecule has 0 aliphatic carbocycles. The molecule has 0 saturated carbocycles. The van der Waals surface area contributed by atoms with E-state index in [4.69, 9.17) is 4.74 Å². The van der Waals surface area contributed by atoms with Crippen molar-refractivity contribution in [3.8, 4) is 6.07 Å². The fourth-order valence-corrected chi connectivity index (χ4v) is 10.8. The van der Waals surface area contributed by atoms with Crippen LogP contribution in [-0.2, 0) is 14.9 Å². The van der Waals surface area contributed by atoms with Crippen molar-refractivity contribution in [3.63, 3.8) is 0 Å². The molecular formula is C30H43N3O2Si. The number of hydrogen-bond acceptors (Lipinski definition) is 4. The van der Waals surface area contributed by atoms with Crippen molar-refractivity contribution in [1.82, 2.24) is 4.90 Å². The van der Waals surface area contributed by atoms with Gasteiger partial charge in [-0.1, -0.05) is 71.5 Å². The summed E-state index contributed by atoms with van der Waals surface area (Å²) in [4.78, 5) is 18.2. The zero-order valence-electron chi connectivity index (χ0n) is 23.1. The summed E-state index contributed by atoms with van der Waals surface area (Å²) in [7, 11) is -1.55. The molecule has 0 N–H and O–H groups in total. The molecule has 2 spiro atoms. The lowest BCUT2D eigenvalue weighted by Gasteiger charge is -2.58. The number of nitriles is 1. The van der Waals surface area contributed by atoms with Crippen molar-refractivity contribution in [3.05, 3.63) is 29.8 Å². The second-order valence-corrected chi connectivity index (χ2v) is 19.8. The van der Waals surface area contributed by atoms with Gasteiger partial charge in [0, 0.05) is 37.0 Å². The maximum absolute atomic E-state index is 13.6. The van der Waals surface area contributed by atoms with Crippen molar-refractivity contribution in [2.24, 2.45) is 5.41 Å². The molecule has 6 heteroatoms. The van der Waals surface area contributed by atoms with Gasteiger partial charge in [0.05, 0.1) is 19.5 Å². The van der Waals surface area contributed by atoms with Crippen LogP contribution in [0.25, 0.3) is 0 Å². The van der Waals surface area contributed by atoms with Gasteiger partial charge in [0.1, 0.15) is 6.07 Å². The van der Waals surface area contributed by atoms with E-state index in [1.54, 1.807) is 0 Å². The monoisotopic (exact) mass is 505 g/mol. The number of unbranched alkanes of at least 4 members (excludes halogenated alkanes) is 1. The van der Waals surface area contributed by atoms with Gasteiger partial charge in [-0.15, -0.1) is 0 Å². The van der Waals surface area contributed by atoms with Gasteiger partial charge < -0.3 is 14.5 Å². The number of benzene rings is 1. The molecule has 5 heterocycles. The fraction of sp³-hybridized carbons (Fsp3) is 0.733. The fourth-order valence-electron chi connectivity index (χ4n) is 8.94. The van der Waals surface area contributed by atoms with E-state index in [1.807, 2.05) is 0 Å². The first-order valence-electron chi connectivity index (χ1n) is 14.2. The second kappa shape index (κ2) is 7.38. The van der Waals surface area contributed by atoms with E-state index in [0.29, 0.717) is 11.5 Å². The van der Waals surface area contributed by atoms with Crippen LogP contribution < -0.4 is 4.90 Å². The van der Waals surface area contributed by atoms with Crippen LogP contribution in [0.4, 0.5) is 5.69 Å². The SMILES string of the molecule is CCCCN1c2ccccc2[C@@]23CCN4C(=O)CC[C@]5(CC[Si](C)(C)C(C)(C)C)CC(C#N)(O[C@@]452)[C@@H]13. The van der Waals surface area contributed by atoms with Crippen molar-refractivity contribution in [2.75, 3.05) is 18.0 Å². The summed E-state index contributed by atoms with van der Waals surface area (Å²) in [5, 5.41) is 11.2. The molecular weight excluding hydrogens is 462 g/mol. The topological polar surface area (TPSA) is 56.6 Å². The lowest BCUT2D eigenvalue weighted by atomic mass is 9.49. The average Bonchev–Trinajstić information content (AvgIpc) is 3.50. The number of para-hydroxylation sites is 1. The predicted octanol–water partition coefficient (Wildman–Crippen LogP) is 6.22. The molecule has 6 rings (SSSR count). The molecule has 1 aromatic carbocycles. The molecule has 194 valence electrons. The van der Waals surface area contributed by atoms with Crippen molar-refractivity contribution in [1.29, 1.82) is 5.26 Å². The third kappa shape index (κ3) is 2.57. The van der Waals surface area contributed by atoms with Gasteiger partial charge in [0.25, 0.3) is 0 Å². The van der Waals surface area contributed by atoms with Gasteiger partial charge in [-0.2, -0.15) is 5.26 Å². The first-order chi connectivity index (χ1) is 17.0. The number of amides is 1. The highest BCUT2D eigenvalue weighted by atomic mass is 28.3. The van der Waals surface area contributed by atoms with E-state index in [2.05, 4.69) is 80.9 Å². The summed E-state index contributed by atoms with van der Waals surface area (Å²) in [5.74, 6) is 0.230. The van der Waals surface area contributed by atoms with Gasteiger partial charge in [0.2, 0.25) is 5.91 Å². The summed E-state index contributed by atoms with van der Waals surface area (Å²) in [6.45, 7) is 16.1. The Labute approximate surface area is 218 Å². The smallest absolute Gasteiger partial charge is 0.224 e. The summed E-state index contributed by atoms with van der Waals surface area (Å²) >= 11 is 0. The highest BCUT2D eigenvalue weighted by Gasteiger charge is 2.90. The van der Waals surface area contributed by atoms with Crippen LogP contribution in [0.2, 0.25) is 24.2 Å². The van der Waals surface area contributed by atoms with Crippen molar-refractivity contribution >= 4 is 19.7 Å². The summed E-state index contributed by atoms with van der Waals surface area (Å²) in [6, 6.07) is 12.8. The van der Waals surface area contributed by atoms with E-state index in [0.717, 1.165) is 51.6 Å². The summed E-state index contributed by atoms with van der Waals surface area (Å²) in [5.41, 5.74) is 0.552. The highest BCUT2D eigenvalue weighted by Crippen LogP contribution is 2.79. The zero-order chi connectivity index (χ0) is 25.8. The van der Waals surface area contributed by atoms with E-state index in [-0.39, 0.29) is 22.8 Å². The number of carbonyl (C=O) groups is 1. The number of piperidine rings is 1. The van der Waals surface area contributed by atoms with Gasteiger partial charge in [-0.3, -0.25) is 4.79 Å². The third-order valence-corrected chi connectivity index (χ3v) is 17.2. The molecule has 5 atom stereocenters. The Balaban J connectivity index is 1.55. The zero-order valence-corrected chi connectivity index (χ0v) is 24.1. The molecule has 5 aliphatic heterocycles. The molecule has 4 fully saturated rings. The van der Waals surface area contributed by atoms with E-state index < -0.39 is 19.4 Å². The van der Waals surface area contributed by atoms with Crippen molar-refractivity contribution in [2.45, 2.75) is 120 Å². The Morgan fingerprint density at radius 1 is 1.22 bits per heavy atom. The van der Waals surface area contributed by atoms with E-state index in [1.165, 1.54) is 17.3 Å². The number of carbonyl (C=O) groups excluding carboxylic acids is 1. The van der Waals surface area contributed by atoms with Gasteiger partial charge in [-0.05, 0) is 42.4 Å². The molecule has 2 bridgehead atoms. The van der Waals surface area contributed by atoms with Crippen LogP contribution in [0.1, 0.15) is 78.2 Å². The first-order valence-corrected chi connectivity index (χ1v) is 17.4.